The normalized spacial score (nSPS) is 12.8. The number of benzene rings is 2. The Balaban J connectivity index is 1.74. The molecule has 0 radical (unpaired) electrons. The molecule has 6 N–H and O–H groups in total. The third-order valence-electron chi connectivity index (χ3n) is 4.46. The van der Waals surface area contributed by atoms with Gasteiger partial charge in [0, 0.05) is 18.5 Å². The van der Waals surface area contributed by atoms with Gasteiger partial charge in [0.15, 0.2) is 0 Å². The first-order chi connectivity index (χ1) is 13.4. The van der Waals surface area contributed by atoms with Crippen LogP contribution in [0.4, 0.5) is 0 Å². The maximum atomic E-state index is 12.1. The molecule has 2 rings (SSSR count). The zero-order chi connectivity index (χ0) is 20.5. The first-order valence-electron chi connectivity index (χ1n) is 9.23. The number of aromatic hydroxyl groups is 1. The average Bonchev–Trinajstić information content (AvgIpc) is 2.72. The van der Waals surface area contributed by atoms with E-state index in [9.17, 15) is 14.7 Å². The van der Waals surface area contributed by atoms with Crippen molar-refractivity contribution >= 4 is 11.9 Å². The fourth-order valence-corrected chi connectivity index (χ4v) is 2.58. The van der Waals surface area contributed by atoms with Gasteiger partial charge < -0.3 is 26.6 Å². The van der Waals surface area contributed by atoms with E-state index >= 15 is 0 Å². The molecule has 0 aromatic heterocycles. The van der Waals surface area contributed by atoms with Crippen molar-refractivity contribution < 1.29 is 19.4 Å². The van der Waals surface area contributed by atoms with Gasteiger partial charge >= 0.3 is 5.97 Å². The van der Waals surface area contributed by atoms with Crippen LogP contribution < -0.4 is 16.8 Å². The van der Waals surface area contributed by atoms with Crippen LogP contribution in [-0.4, -0.2) is 29.6 Å². The summed E-state index contributed by atoms with van der Waals surface area (Å²) in [5.74, 6) is -0.851. The first-order valence-corrected chi connectivity index (χ1v) is 9.23. The second-order valence-electron chi connectivity index (χ2n) is 6.48. The van der Waals surface area contributed by atoms with Gasteiger partial charge in [0.05, 0.1) is 12.6 Å². The van der Waals surface area contributed by atoms with E-state index in [4.69, 9.17) is 16.2 Å². The van der Waals surface area contributed by atoms with Crippen molar-refractivity contribution in [1.29, 1.82) is 0 Å². The van der Waals surface area contributed by atoms with E-state index in [2.05, 4.69) is 5.32 Å². The van der Waals surface area contributed by atoms with Gasteiger partial charge in [-0.3, -0.25) is 4.79 Å². The molecule has 150 valence electrons. The Morgan fingerprint density at radius 3 is 2.43 bits per heavy atom. The predicted octanol–water partition coefficient (Wildman–Crippen LogP) is 1.53. The minimum absolute atomic E-state index is 0.00918. The van der Waals surface area contributed by atoms with Crippen molar-refractivity contribution in [1.82, 2.24) is 5.32 Å². The van der Waals surface area contributed by atoms with Gasteiger partial charge in [-0.05, 0) is 23.6 Å². The molecular weight excluding hydrogens is 358 g/mol. The second kappa shape index (κ2) is 10.4. The second-order valence-corrected chi connectivity index (χ2v) is 6.48. The summed E-state index contributed by atoms with van der Waals surface area (Å²) in [6.07, 6.45) is 1.07. The Hall–Kier alpha value is -2.90. The van der Waals surface area contributed by atoms with Crippen molar-refractivity contribution in [3.05, 3.63) is 65.2 Å². The summed E-state index contributed by atoms with van der Waals surface area (Å²) >= 11 is 0. The van der Waals surface area contributed by atoms with E-state index in [0.29, 0.717) is 11.1 Å². The van der Waals surface area contributed by atoms with Crippen LogP contribution >= 0.6 is 0 Å². The van der Waals surface area contributed by atoms with Crippen molar-refractivity contribution in [3.63, 3.8) is 0 Å². The molecule has 0 spiro atoms. The van der Waals surface area contributed by atoms with Gasteiger partial charge in [-0.2, -0.15) is 0 Å². The molecule has 0 aliphatic heterocycles. The Morgan fingerprint density at radius 1 is 1.11 bits per heavy atom. The highest BCUT2D eigenvalue weighted by molar-refractivity contribution is 5.81. The predicted molar refractivity (Wildman–Crippen MR) is 106 cm³/mol. The van der Waals surface area contributed by atoms with E-state index in [1.165, 1.54) is 0 Å². The number of nitrogens with one attached hydrogen (secondary N) is 1. The van der Waals surface area contributed by atoms with Crippen molar-refractivity contribution in [2.24, 2.45) is 11.5 Å². The van der Waals surface area contributed by atoms with Gasteiger partial charge in [-0.15, -0.1) is 0 Å². The van der Waals surface area contributed by atoms with Crippen LogP contribution in [0.2, 0.25) is 0 Å². The molecule has 1 amide bonds. The van der Waals surface area contributed by atoms with E-state index in [0.717, 1.165) is 12.0 Å². The van der Waals surface area contributed by atoms with Gasteiger partial charge in [0.25, 0.3) is 0 Å². The number of nitrogens with two attached hydrogens (primary N) is 2. The van der Waals surface area contributed by atoms with Gasteiger partial charge in [-0.25, -0.2) is 4.79 Å². The van der Waals surface area contributed by atoms with E-state index in [1.807, 2.05) is 31.2 Å². The molecule has 0 saturated heterocycles. The zero-order valence-electron chi connectivity index (χ0n) is 15.9. The highest BCUT2D eigenvalue weighted by atomic mass is 16.5. The lowest BCUT2D eigenvalue weighted by molar-refractivity contribution is -0.146. The number of hydrogen-bond acceptors (Lipinski definition) is 6. The molecule has 2 aromatic rings. The summed E-state index contributed by atoms with van der Waals surface area (Å²) in [4.78, 5) is 24.1. The van der Waals surface area contributed by atoms with Crippen LogP contribution in [0.25, 0.3) is 0 Å². The Morgan fingerprint density at radius 2 is 1.79 bits per heavy atom. The van der Waals surface area contributed by atoms with Crippen molar-refractivity contribution in [3.8, 4) is 5.75 Å². The van der Waals surface area contributed by atoms with Crippen LogP contribution in [0.3, 0.4) is 0 Å². The minimum atomic E-state index is -0.878. The quantitative estimate of drug-likeness (QED) is 0.485. The summed E-state index contributed by atoms with van der Waals surface area (Å²) in [6, 6.07) is 12.5. The third-order valence-corrected chi connectivity index (χ3v) is 4.46. The molecule has 2 aromatic carbocycles. The summed E-state index contributed by atoms with van der Waals surface area (Å²) in [5, 5.41) is 12.3. The number of esters is 1. The van der Waals surface area contributed by atoms with E-state index in [-0.39, 0.29) is 25.3 Å². The number of rotatable bonds is 9. The molecule has 0 heterocycles. The first kappa shape index (κ1) is 21.4. The number of phenolic OH excluding ortho intramolecular Hbond substituents is 1. The van der Waals surface area contributed by atoms with E-state index < -0.39 is 24.0 Å². The van der Waals surface area contributed by atoms with Gasteiger partial charge in [0.2, 0.25) is 5.91 Å². The number of hydrogen-bond donors (Lipinski definition) is 4. The number of carbonyl (C=O) groups is 2. The van der Waals surface area contributed by atoms with Crippen LogP contribution in [0.5, 0.6) is 5.75 Å². The number of ether oxygens (including phenoxy) is 1. The summed E-state index contributed by atoms with van der Waals surface area (Å²) in [5.41, 5.74) is 14.2. The highest BCUT2D eigenvalue weighted by Gasteiger charge is 2.19. The monoisotopic (exact) mass is 385 g/mol. The fourth-order valence-electron chi connectivity index (χ4n) is 2.58. The minimum Gasteiger partial charge on any atom is -0.508 e. The highest BCUT2D eigenvalue weighted by Crippen LogP contribution is 2.15. The van der Waals surface area contributed by atoms with Gasteiger partial charge in [0.1, 0.15) is 11.8 Å². The lowest BCUT2D eigenvalue weighted by Crippen LogP contribution is -2.41. The number of aryl methyl sites for hydroxylation is 1. The molecule has 2 atom stereocenters. The standard InChI is InChI=1S/C21H27N3O4/c1-2-14-7-9-15(10-8-14)19(23)21(27)28-12-11-17(22)20(26)24-13-16-5-3-4-6-18(16)25/h3-10,17,19,25H,2,11-13,22-23H2,1H3,(H,24,26)/t17?,19-/m0/s1. The molecule has 0 aliphatic carbocycles. The number of carbonyl (C=O) groups excluding carboxylic acids is 2. The molecule has 7 nitrogen and oxygen atoms in total. The number of para-hydroxylation sites is 1. The molecule has 0 fully saturated rings. The van der Waals surface area contributed by atoms with E-state index in [1.54, 1.807) is 24.3 Å². The third kappa shape index (κ3) is 6.07. The molecule has 28 heavy (non-hydrogen) atoms. The lowest BCUT2D eigenvalue weighted by Gasteiger charge is -2.15. The van der Waals surface area contributed by atoms with Gasteiger partial charge in [-0.1, -0.05) is 49.4 Å². The molecule has 1 unspecified atom stereocenters. The maximum Gasteiger partial charge on any atom is 0.327 e. The molecule has 0 aliphatic rings. The van der Waals surface area contributed by atoms with Crippen molar-refractivity contribution in [2.75, 3.05) is 6.61 Å². The maximum absolute atomic E-state index is 12.1. The summed E-state index contributed by atoms with van der Waals surface area (Å²) in [6.45, 7) is 2.20. The van der Waals surface area contributed by atoms with Crippen LogP contribution in [0, 0.1) is 0 Å². The van der Waals surface area contributed by atoms with Crippen LogP contribution in [0.15, 0.2) is 48.5 Å². The number of phenols is 1. The van der Waals surface area contributed by atoms with Crippen LogP contribution in [0.1, 0.15) is 36.1 Å². The average molecular weight is 385 g/mol. The Labute approximate surface area is 164 Å². The summed E-state index contributed by atoms with van der Waals surface area (Å²) in [7, 11) is 0. The molecule has 0 saturated carbocycles. The molecular formula is C21H27N3O4. The SMILES string of the molecule is CCc1ccc([C@H](N)C(=O)OCCC(N)C(=O)NCc2ccccc2O)cc1. The topological polar surface area (TPSA) is 128 Å². The Kier molecular flexibility index (Phi) is 7.98. The smallest absolute Gasteiger partial charge is 0.327 e. The van der Waals surface area contributed by atoms with Crippen LogP contribution in [-0.2, 0) is 27.3 Å². The molecule has 7 heteroatoms. The fraction of sp³-hybridized carbons (Fsp3) is 0.333. The van der Waals surface area contributed by atoms with Crippen molar-refractivity contribution in [2.45, 2.75) is 38.4 Å². The zero-order valence-corrected chi connectivity index (χ0v) is 15.9. The lowest BCUT2D eigenvalue weighted by atomic mass is 10.0. The Bertz CT molecular complexity index is 792. The number of amides is 1. The molecule has 0 bridgehead atoms. The summed E-state index contributed by atoms with van der Waals surface area (Å²) < 4.78 is 5.15. The largest absolute Gasteiger partial charge is 0.508 e.